The van der Waals surface area contributed by atoms with Crippen molar-refractivity contribution in [1.29, 1.82) is 0 Å². The lowest BCUT2D eigenvalue weighted by Crippen LogP contribution is -2.35. The molecule has 1 aliphatic rings. The largest absolute Gasteiger partial charge is 0.341 e. The van der Waals surface area contributed by atoms with Crippen LogP contribution in [0.1, 0.15) is 17.3 Å². The van der Waals surface area contributed by atoms with Gasteiger partial charge in [0.1, 0.15) is 29.5 Å². The van der Waals surface area contributed by atoms with Crippen molar-refractivity contribution in [2.24, 2.45) is 10.7 Å². The first-order chi connectivity index (χ1) is 17.1. The summed E-state index contributed by atoms with van der Waals surface area (Å²) in [5.74, 6) is 0.641. The Morgan fingerprint density at radius 3 is 2.74 bits per heavy atom. The molecular formula is C25H20ClN9. The van der Waals surface area contributed by atoms with Crippen molar-refractivity contribution in [3.63, 3.8) is 0 Å². The first-order valence-corrected chi connectivity index (χ1v) is 11.3. The highest BCUT2D eigenvalue weighted by atomic mass is 35.5. The van der Waals surface area contributed by atoms with Gasteiger partial charge >= 0.3 is 0 Å². The van der Waals surface area contributed by atoms with E-state index in [9.17, 15) is 0 Å². The Bertz CT molecular complexity index is 1580. The van der Waals surface area contributed by atoms with Crippen molar-refractivity contribution in [2.75, 3.05) is 10.2 Å². The van der Waals surface area contributed by atoms with Gasteiger partial charge in [0, 0.05) is 28.0 Å². The predicted molar refractivity (Wildman–Crippen MR) is 138 cm³/mol. The number of nitrogens with zero attached hydrogens (tertiary/aromatic N) is 6. The van der Waals surface area contributed by atoms with E-state index in [1.54, 1.807) is 18.9 Å². The number of aromatic amines is 1. The molecule has 9 nitrogen and oxygen atoms in total. The van der Waals surface area contributed by atoms with Crippen LogP contribution in [0.2, 0.25) is 5.02 Å². The maximum atomic E-state index is 6.67. The van der Waals surface area contributed by atoms with E-state index < -0.39 is 6.17 Å². The highest BCUT2D eigenvalue weighted by Crippen LogP contribution is 2.42. The number of nitrogens with two attached hydrogens (primary N) is 1. The highest BCUT2D eigenvalue weighted by molar-refractivity contribution is 6.30. The van der Waals surface area contributed by atoms with E-state index in [0.29, 0.717) is 22.2 Å². The number of aromatic nitrogens is 5. The zero-order chi connectivity index (χ0) is 23.9. The Kier molecular flexibility index (Phi) is 5.13. The molecule has 2 aromatic carbocycles. The number of imidazole rings is 1. The van der Waals surface area contributed by atoms with Crippen LogP contribution in [0.3, 0.4) is 0 Å². The standard InChI is InChI=1S/C25H20ClN9/c1-14-4-9-17-20(33-13-35(23(17)27)16-7-5-15(26)6-8-16)19(14)34-24-18(3-2-10-28-24)21-22-25(31-11-29-21)32-12-30-22/h2-13,23H,27H2,1H3,(H,28,34)(H,29,30,31,32). The smallest absolute Gasteiger partial charge is 0.181 e. The first-order valence-electron chi connectivity index (χ1n) is 10.9. The Hall–Kier alpha value is -4.34. The SMILES string of the molecule is Cc1ccc2c(c1Nc1ncccc1-c1ncnc3nc[nH]c13)N=CN(c1ccc(Cl)cc1)C2N. The number of hydrogen-bond acceptors (Lipinski definition) is 8. The molecule has 172 valence electrons. The zero-order valence-corrected chi connectivity index (χ0v) is 19.4. The third kappa shape index (κ3) is 3.67. The number of aliphatic imine (C=N–C) groups is 1. The summed E-state index contributed by atoms with van der Waals surface area (Å²) in [6.07, 6.45) is 6.17. The zero-order valence-electron chi connectivity index (χ0n) is 18.6. The van der Waals surface area contributed by atoms with Gasteiger partial charge in [-0.25, -0.2) is 24.9 Å². The van der Waals surface area contributed by atoms with E-state index in [4.69, 9.17) is 22.3 Å². The van der Waals surface area contributed by atoms with Crippen LogP contribution >= 0.6 is 11.6 Å². The fraction of sp³-hybridized carbons (Fsp3) is 0.0800. The summed E-state index contributed by atoms with van der Waals surface area (Å²) < 4.78 is 0. The molecule has 0 fully saturated rings. The van der Waals surface area contributed by atoms with Gasteiger partial charge in [0.15, 0.2) is 5.65 Å². The van der Waals surface area contributed by atoms with Crippen molar-refractivity contribution in [3.05, 3.63) is 83.5 Å². The van der Waals surface area contributed by atoms with Gasteiger partial charge in [-0.1, -0.05) is 23.7 Å². The van der Waals surface area contributed by atoms with E-state index in [1.807, 2.05) is 60.4 Å². The molecule has 0 amide bonds. The molecule has 0 spiro atoms. The number of H-pyrrole nitrogens is 1. The lowest BCUT2D eigenvalue weighted by atomic mass is 10.0. The van der Waals surface area contributed by atoms with Crippen LogP contribution in [0.4, 0.5) is 22.9 Å². The molecular weight excluding hydrogens is 462 g/mol. The fourth-order valence-electron chi connectivity index (χ4n) is 4.21. The highest BCUT2D eigenvalue weighted by Gasteiger charge is 2.26. The lowest BCUT2D eigenvalue weighted by molar-refractivity contribution is 0.750. The molecule has 5 aromatic rings. The van der Waals surface area contributed by atoms with Crippen molar-refractivity contribution in [3.8, 4) is 11.3 Å². The summed E-state index contributed by atoms with van der Waals surface area (Å²) in [6.45, 7) is 2.02. The van der Waals surface area contributed by atoms with Crippen molar-refractivity contribution >= 4 is 52.0 Å². The molecule has 0 saturated carbocycles. The molecule has 0 aliphatic carbocycles. The molecule has 0 bridgehead atoms. The lowest BCUT2D eigenvalue weighted by Gasteiger charge is -2.32. The van der Waals surface area contributed by atoms with Crippen LogP contribution < -0.4 is 16.0 Å². The number of halogens is 1. The van der Waals surface area contributed by atoms with Gasteiger partial charge in [-0.05, 0) is 48.9 Å². The minimum absolute atomic E-state index is 0.417. The van der Waals surface area contributed by atoms with E-state index >= 15 is 0 Å². The number of rotatable bonds is 4. The first kappa shape index (κ1) is 21.2. The van der Waals surface area contributed by atoms with Gasteiger partial charge in [-0.3, -0.25) is 0 Å². The molecule has 0 radical (unpaired) electrons. The molecule has 35 heavy (non-hydrogen) atoms. The molecule has 0 saturated heterocycles. The number of aryl methyl sites for hydroxylation is 1. The Morgan fingerprint density at radius 2 is 1.89 bits per heavy atom. The Morgan fingerprint density at radius 1 is 1.03 bits per heavy atom. The van der Waals surface area contributed by atoms with E-state index in [1.165, 1.54) is 6.33 Å². The normalized spacial score (nSPS) is 14.8. The van der Waals surface area contributed by atoms with E-state index in [-0.39, 0.29) is 0 Å². The van der Waals surface area contributed by atoms with E-state index in [0.717, 1.165) is 39.3 Å². The number of fused-ring (bicyclic) bond motifs is 2. The fourth-order valence-corrected chi connectivity index (χ4v) is 4.34. The summed E-state index contributed by atoms with van der Waals surface area (Å²) in [7, 11) is 0. The quantitative estimate of drug-likeness (QED) is 0.320. The molecule has 1 unspecified atom stereocenters. The number of nitrogens with one attached hydrogen (secondary N) is 2. The molecule has 6 rings (SSSR count). The van der Waals surface area contributed by atoms with Gasteiger partial charge in [0.2, 0.25) is 0 Å². The van der Waals surface area contributed by atoms with Gasteiger partial charge in [-0.15, -0.1) is 0 Å². The molecule has 3 aromatic heterocycles. The monoisotopic (exact) mass is 481 g/mol. The molecule has 4 heterocycles. The van der Waals surface area contributed by atoms with Crippen molar-refractivity contribution in [1.82, 2.24) is 24.9 Å². The van der Waals surface area contributed by atoms with Crippen LogP contribution in [0.15, 0.2) is 72.4 Å². The van der Waals surface area contributed by atoms with E-state index in [2.05, 4.69) is 30.2 Å². The number of pyridine rings is 1. The van der Waals surface area contributed by atoms with Crippen LogP contribution in [-0.4, -0.2) is 31.3 Å². The Balaban J connectivity index is 1.42. The number of anilines is 3. The van der Waals surface area contributed by atoms with Gasteiger partial charge in [0.05, 0.1) is 24.0 Å². The second-order valence-corrected chi connectivity index (χ2v) is 8.55. The average Bonchev–Trinajstić information content (AvgIpc) is 3.36. The second kappa shape index (κ2) is 8.46. The molecule has 1 aliphatic heterocycles. The average molecular weight is 482 g/mol. The summed E-state index contributed by atoms with van der Waals surface area (Å²) in [5, 5.41) is 4.16. The van der Waals surface area contributed by atoms with Gasteiger partial charge < -0.3 is 20.9 Å². The minimum Gasteiger partial charge on any atom is -0.341 e. The van der Waals surface area contributed by atoms with Crippen LogP contribution in [0.5, 0.6) is 0 Å². The van der Waals surface area contributed by atoms with Crippen LogP contribution in [0, 0.1) is 6.92 Å². The van der Waals surface area contributed by atoms with Crippen LogP contribution in [0.25, 0.3) is 22.4 Å². The third-order valence-corrected chi connectivity index (χ3v) is 6.25. The molecule has 10 heteroatoms. The van der Waals surface area contributed by atoms with Gasteiger partial charge in [0.25, 0.3) is 0 Å². The summed E-state index contributed by atoms with van der Waals surface area (Å²) in [4.78, 5) is 27.4. The molecule has 4 N–H and O–H groups in total. The Labute approximate surface area is 205 Å². The van der Waals surface area contributed by atoms with Crippen molar-refractivity contribution in [2.45, 2.75) is 13.1 Å². The van der Waals surface area contributed by atoms with Crippen LogP contribution in [-0.2, 0) is 0 Å². The van der Waals surface area contributed by atoms with Gasteiger partial charge in [-0.2, -0.15) is 0 Å². The molecule has 1 atom stereocenters. The summed E-state index contributed by atoms with van der Waals surface area (Å²) >= 11 is 6.06. The topological polar surface area (TPSA) is 121 Å². The maximum absolute atomic E-state index is 6.67. The van der Waals surface area contributed by atoms with Crippen molar-refractivity contribution < 1.29 is 0 Å². The summed E-state index contributed by atoms with van der Waals surface area (Å²) in [5.41, 5.74) is 14.0. The summed E-state index contributed by atoms with van der Waals surface area (Å²) in [6, 6.07) is 15.4. The number of hydrogen-bond donors (Lipinski definition) is 3. The number of benzene rings is 2. The second-order valence-electron chi connectivity index (χ2n) is 8.12. The third-order valence-electron chi connectivity index (χ3n) is 6.00. The predicted octanol–water partition coefficient (Wildman–Crippen LogP) is 5.26. The maximum Gasteiger partial charge on any atom is 0.181 e. The minimum atomic E-state index is -0.417.